The number of thiophene rings is 1. The molecule has 0 saturated carbocycles. The molecule has 2 rings (SSSR count). The maximum absolute atomic E-state index is 11.9. The average Bonchev–Trinajstić information content (AvgIpc) is 3.26. The minimum atomic E-state index is -0.706. The van der Waals surface area contributed by atoms with Crippen molar-refractivity contribution in [1.29, 1.82) is 0 Å². The number of nitrogens with two attached hydrogens (primary N) is 2. The fourth-order valence-electron chi connectivity index (χ4n) is 3.63. The SMILES string of the molecule is Cc1cc(N(CCOCCOCCO)CCOCCOCCO)ccc1N=Nc1sc(C(N)=O)c(C)c1C(N)=O. The Labute approximate surface area is 237 Å². The lowest BCUT2D eigenvalue weighted by Gasteiger charge is -2.25. The van der Waals surface area contributed by atoms with Crippen molar-refractivity contribution in [1.82, 2.24) is 0 Å². The van der Waals surface area contributed by atoms with Gasteiger partial charge in [-0.05, 0) is 43.2 Å². The molecule has 0 bridgehead atoms. The number of ether oxygens (including phenoxy) is 4. The van der Waals surface area contributed by atoms with Crippen LogP contribution in [0.25, 0.3) is 0 Å². The molecule has 0 atom stereocenters. The molecule has 14 heteroatoms. The van der Waals surface area contributed by atoms with Crippen molar-refractivity contribution in [2.24, 2.45) is 21.7 Å². The molecular weight excluding hydrogens is 542 g/mol. The van der Waals surface area contributed by atoms with E-state index in [1.165, 1.54) is 0 Å². The highest BCUT2D eigenvalue weighted by Crippen LogP contribution is 2.36. The lowest BCUT2D eigenvalue weighted by Crippen LogP contribution is -2.31. The van der Waals surface area contributed by atoms with E-state index in [0.29, 0.717) is 64.0 Å². The Balaban J connectivity index is 2.10. The molecule has 13 nitrogen and oxygen atoms in total. The molecule has 222 valence electrons. The molecule has 1 heterocycles. The normalized spacial score (nSPS) is 11.4. The molecule has 2 amide bonds. The smallest absolute Gasteiger partial charge is 0.259 e. The number of aliphatic hydroxyl groups excluding tert-OH is 2. The van der Waals surface area contributed by atoms with Gasteiger partial charge in [-0.25, -0.2) is 0 Å². The maximum Gasteiger partial charge on any atom is 0.259 e. The van der Waals surface area contributed by atoms with E-state index in [1.807, 2.05) is 25.1 Å². The Morgan fingerprint density at radius 3 is 1.85 bits per heavy atom. The standard InChI is InChI=1S/C26H39N5O8S/c1-18-17-20(3-4-21(18)29-30-26-22(24(27)34)19(2)23(40-26)25(28)35)31(5-9-36-13-15-38-11-7-32)6-10-37-14-16-39-12-8-33/h3-4,17,32-33H,5-16H2,1-2H3,(H2,27,34)(H2,28,35). The molecule has 0 unspecified atom stereocenters. The Morgan fingerprint density at radius 1 is 0.825 bits per heavy atom. The largest absolute Gasteiger partial charge is 0.394 e. The summed E-state index contributed by atoms with van der Waals surface area (Å²) in [6.07, 6.45) is 0. The first-order valence-corrected chi connectivity index (χ1v) is 13.6. The van der Waals surface area contributed by atoms with Crippen LogP contribution in [0, 0.1) is 13.8 Å². The van der Waals surface area contributed by atoms with Gasteiger partial charge in [0, 0.05) is 18.8 Å². The van der Waals surface area contributed by atoms with Crippen LogP contribution in [0.1, 0.15) is 31.2 Å². The summed E-state index contributed by atoms with van der Waals surface area (Å²) < 4.78 is 21.8. The predicted molar refractivity (Wildman–Crippen MR) is 151 cm³/mol. The first kappa shape index (κ1) is 33.2. The molecule has 2 aromatic rings. The molecule has 1 aromatic carbocycles. The van der Waals surface area contributed by atoms with Crippen LogP contribution in [0.2, 0.25) is 0 Å². The van der Waals surface area contributed by atoms with Gasteiger partial charge in [0.2, 0.25) is 0 Å². The fraction of sp³-hybridized carbons (Fsp3) is 0.538. The Hall–Kier alpha value is -2.98. The van der Waals surface area contributed by atoms with Gasteiger partial charge in [0.15, 0.2) is 5.00 Å². The van der Waals surface area contributed by atoms with Crippen molar-refractivity contribution in [3.63, 3.8) is 0 Å². The predicted octanol–water partition coefficient (Wildman–Crippen LogP) is 1.84. The van der Waals surface area contributed by atoms with Gasteiger partial charge < -0.3 is 45.5 Å². The monoisotopic (exact) mass is 581 g/mol. The van der Waals surface area contributed by atoms with Crippen LogP contribution in [0.3, 0.4) is 0 Å². The number of azo groups is 1. The number of primary amides is 2. The maximum atomic E-state index is 11.9. The van der Waals surface area contributed by atoms with Gasteiger partial charge >= 0.3 is 0 Å². The van der Waals surface area contributed by atoms with Crippen molar-refractivity contribution in [3.05, 3.63) is 39.8 Å². The minimum absolute atomic E-state index is 0.0264. The quantitative estimate of drug-likeness (QED) is 0.126. The summed E-state index contributed by atoms with van der Waals surface area (Å²) >= 11 is 0.976. The lowest BCUT2D eigenvalue weighted by molar-refractivity contribution is 0.0316. The summed E-state index contributed by atoms with van der Waals surface area (Å²) in [5.74, 6) is -1.36. The van der Waals surface area contributed by atoms with E-state index in [9.17, 15) is 9.59 Å². The third kappa shape index (κ3) is 10.9. The average molecular weight is 582 g/mol. The van der Waals surface area contributed by atoms with Crippen LogP contribution in [0.4, 0.5) is 16.4 Å². The second-order valence-corrected chi connectivity index (χ2v) is 9.52. The number of aliphatic hydroxyl groups is 2. The van der Waals surface area contributed by atoms with Gasteiger partial charge in [-0.1, -0.05) is 0 Å². The fourth-order valence-corrected chi connectivity index (χ4v) is 4.62. The highest BCUT2D eigenvalue weighted by atomic mass is 32.1. The van der Waals surface area contributed by atoms with Crippen molar-refractivity contribution in [2.45, 2.75) is 13.8 Å². The lowest BCUT2D eigenvalue weighted by atomic mass is 10.1. The van der Waals surface area contributed by atoms with Gasteiger partial charge in [-0.3, -0.25) is 9.59 Å². The molecule has 0 saturated heterocycles. The second kappa shape index (κ2) is 18.4. The highest BCUT2D eigenvalue weighted by molar-refractivity contribution is 7.18. The van der Waals surface area contributed by atoms with Crippen LogP contribution in [-0.4, -0.2) is 101 Å². The van der Waals surface area contributed by atoms with Gasteiger partial charge in [0.1, 0.15) is 0 Å². The van der Waals surface area contributed by atoms with E-state index >= 15 is 0 Å². The van der Waals surface area contributed by atoms with E-state index in [1.54, 1.807) is 6.92 Å². The summed E-state index contributed by atoms with van der Waals surface area (Å²) in [7, 11) is 0. The molecular formula is C26H39N5O8S. The van der Waals surface area contributed by atoms with Crippen molar-refractivity contribution < 1.29 is 38.7 Å². The number of amides is 2. The van der Waals surface area contributed by atoms with E-state index in [-0.39, 0.29) is 41.9 Å². The van der Waals surface area contributed by atoms with Gasteiger partial charge in [0.25, 0.3) is 11.8 Å². The molecule has 0 aliphatic rings. The van der Waals surface area contributed by atoms with Crippen LogP contribution in [0.5, 0.6) is 0 Å². The van der Waals surface area contributed by atoms with Crippen LogP contribution < -0.4 is 16.4 Å². The van der Waals surface area contributed by atoms with Crippen LogP contribution in [0.15, 0.2) is 28.4 Å². The zero-order chi connectivity index (χ0) is 29.3. The molecule has 0 aliphatic heterocycles. The summed E-state index contributed by atoms with van der Waals surface area (Å²) in [5, 5.41) is 26.3. The summed E-state index contributed by atoms with van der Waals surface area (Å²) in [5.41, 5.74) is 13.8. The van der Waals surface area contributed by atoms with Crippen molar-refractivity contribution >= 4 is 39.5 Å². The zero-order valence-corrected chi connectivity index (χ0v) is 23.8. The third-order valence-electron chi connectivity index (χ3n) is 5.62. The Morgan fingerprint density at radius 2 is 1.38 bits per heavy atom. The van der Waals surface area contributed by atoms with E-state index in [4.69, 9.17) is 40.6 Å². The van der Waals surface area contributed by atoms with Gasteiger partial charge in [-0.2, -0.15) is 0 Å². The first-order chi connectivity index (χ1) is 19.3. The number of aryl methyl sites for hydroxylation is 1. The third-order valence-corrected chi connectivity index (χ3v) is 6.81. The number of nitrogens with zero attached hydrogens (tertiary/aromatic N) is 3. The number of rotatable bonds is 21. The number of carbonyl (C=O) groups is 2. The van der Waals surface area contributed by atoms with E-state index < -0.39 is 11.8 Å². The number of benzene rings is 1. The summed E-state index contributed by atoms with van der Waals surface area (Å²) in [4.78, 5) is 26.0. The molecule has 0 fully saturated rings. The molecule has 0 radical (unpaired) electrons. The zero-order valence-electron chi connectivity index (χ0n) is 23.0. The van der Waals surface area contributed by atoms with Crippen LogP contribution >= 0.6 is 11.3 Å². The topological polar surface area (TPSA) is 192 Å². The van der Waals surface area contributed by atoms with Crippen molar-refractivity contribution in [2.75, 3.05) is 84.1 Å². The van der Waals surface area contributed by atoms with Crippen LogP contribution in [-0.2, 0) is 18.9 Å². The molecule has 0 aliphatic carbocycles. The highest BCUT2D eigenvalue weighted by Gasteiger charge is 2.22. The molecule has 0 spiro atoms. The van der Waals surface area contributed by atoms with Gasteiger partial charge in [-0.15, -0.1) is 21.6 Å². The number of hydrogen-bond acceptors (Lipinski definition) is 12. The molecule has 1 aromatic heterocycles. The Bertz CT molecular complexity index is 1090. The van der Waals surface area contributed by atoms with Gasteiger partial charge in [0.05, 0.1) is 82.2 Å². The number of anilines is 1. The number of hydrogen-bond donors (Lipinski definition) is 4. The van der Waals surface area contributed by atoms with E-state index in [0.717, 1.165) is 22.6 Å². The molecule has 40 heavy (non-hydrogen) atoms. The number of carbonyl (C=O) groups excluding carboxylic acids is 2. The van der Waals surface area contributed by atoms with E-state index in [2.05, 4.69) is 15.1 Å². The molecule has 6 N–H and O–H groups in total. The summed E-state index contributed by atoms with van der Waals surface area (Å²) in [6, 6.07) is 5.68. The second-order valence-electron chi connectivity index (χ2n) is 8.52. The first-order valence-electron chi connectivity index (χ1n) is 12.8. The minimum Gasteiger partial charge on any atom is -0.394 e. The Kier molecular flexibility index (Phi) is 15.3. The van der Waals surface area contributed by atoms with Crippen molar-refractivity contribution in [3.8, 4) is 0 Å². The summed E-state index contributed by atoms with van der Waals surface area (Å²) in [6.45, 7) is 7.73.